The van der Waals surface area contributed by atoms with Gasteiger partial charge in [0.05, 0.1) is 0 Å². The third-order valence-electron chi connectivity index (χ3n) is 4.47. The van der Waals surface area contributed by atoms with Crippen molar-refractivity contribution in [2.75, 3.05) is 13.1 Å². The van der Waals surface area contributed by atoms with Gasteiger partial charge >= 0.3 is 0 Å². The molecule has 2 aliphatic carbocycles. The second kappa shape index (κ2) is 4.54. The van der Waals surface area contributed by atoms with Gasteiger partial charge in [0.15, 0.2) is 0 Å². The molecule has 1 saturated heterocycles. The number of aromatic nitrogens is 2. The quantitative estimate of drug-likeness (QED) is 0.853. The van der Waals surface area contributed by atoms with E-state index in [-0.39, 0.29) is 0 Å². The molecule has 0 aromatic carbocycles. The molecule has 1 aliphatic heterocycles. The number of piperidine rings is 1. The Morgan fingerprint density at radius 1 is 0.947 bits per heavy atom. The van der Waals surface area contributed by atoms with Crippen LogP contribution in [0.15, 0.2) is 0 Å². The molecule has 3 aliphatic rings. The van der Waals surface area contributed by atoms with Crippen LogP contribution in [0.2, 0.25) is 0 Å². The fraction of sp³-hybridized carbons (Fsp3) is 0.786. The summed E-state index contributed by atoms with van der Waals surface area (Å²) in [7, 11) is 0. The molecule has 5 heteroatoms. The normalized spacial score (nSPS) is 24.7. The first-order chi connectivity index (χ1) is 9.31. The molecule has 4 rings (SSSR count). The SMILES string of the molecule is O=C(C1CC1)N1CCC(c2nnc(C3CC3)s2)CC1. The molecular formula is C14H19N3OS. The van der Waals surface area contributed by atoms with Crippen molar-refractivity contribution in [1.82, 2.24) is 15.1 Å². The maximum absolute atomic E-state index is 12.0. The molecule has 4 nitrogen and oxygen atoms in total. The Labute approximate surface area is 117 Å². The first-order valence-corrected chi connectivity index (χ1v) is 8.25. The van der Waals surface area contributed by atoms with E-state index in [4.69, 9.17) is 0 Å². The van der Waals surface area contributed by atoms with Gasteiger partial charge in [0.2, 0.25) is 5.91 Å². The number of nitrogens with zero attached hydrogens (tertiary/aromatic N) is 3. The lowest BCUT2D eigenvalue weighted by Crippen LogP contribution is -2.38. The lowest BCUT2D eigenvalue weighted by Gasteiger charge is -2.31. The van der Waals surface area contributed by atoms with Gasteiger partial charge in [0.1, 0.15) is 10.0 Å². The number of likely N-dealkylation sites (tertiary alicyclic amines) is 1. The van der Waals surface area contributed by atoms with Gasteiger partial charge in [-0.15, -0.1) is 21.5 Å². The molecule has 1 aromatic rings. The van der Waals surface area contributed by atoms with E-state index in [9.17, 15) is 4.79 Å². The Morgan fingerprint density at radius 2 is 1.53 bits per heavy atom. The molecule has 3 fully saturated rings. The van der Waals surface area contributed by atoms with Crippen LogP contribution in [-0.4, -0.2) is 34.1 Å². The van der Waals surface area contributed by atoms with Crippen molar-refractivity contribution in [2.45, 2.75) is 50.4 Å². The van der Waals surface area contributed by atoms with E-state index in [2.05, 4.69) is 15.1 Å². The largest absolute Gasteiger partial charge is 0.342 e. The lowest BCUT2D eigenvalue weighted by atomic mass is 9.97. The van der Waals surface area contributed by atoms with Gasteiger partial charge in [-0.2, -0.15) is 0 Å². The highest BCUT2D eigenvalue weighted by Gasteiger charge is 2.36. The molecule has 2 saturated carbocycles. The molecule has 0 spiro atoms. The first-order valence-electron chi connectivity index (χ1n) is 7.43. The number of carbonyl (C=O) groups excluding carboxylic acids is 1. The summed E-state index contributed by atoms with van der Waals surface area (Å²) >= 11 is 1.81. The number of amides is 1. The zero-order valence-electron chi connectivity index (χ0n) is 11.0. The minimum absolute atomic E-state index is 0.361. The minimum Gasteiger partial charge on any atom is -0.342 e. The van der Waals surface area contributed by atoms with Gasteiger partial charge in [-0.25, -0.2) is 0 Å². The van der Waals surface area contributed by atoms with E-state index in [0.29, 0.717) is 23.7 Å². The highest BCUT2D eigenvalue weighted by molar-refractivity contribution is 7.11. The molecule has 102 valence electrons. The van der Waals surface area contributed by atoms with Crippen LogP contribution in [0.4, 0.5) is 0 Å². The van der Waals surface area contributed by atoms with Crippen LogP contribution in [0.25, 0.3) is 0 Å². The van der Waals surface area contributed by atoms with Gasteiger partial charge in [-0.1, -0.05) is 0 Å². The maximum Gasteiger partial charge on any atom is 0.225 e. The highest BCUT2D eigenvalue weighted by atomic mass is 32.1. The van der Waals surface area contributed by atoms with Crippen molar-refractivity contribution < 1.29 is 4.79 Å². The van der Waals surface area contributed by atoms with Gasteiger partial charge in [0.25, 0.3) is 0 Å². The fourth-order valence-electron chi connectivity index (χ4n) is 2.84. The average molecular weight is 277 g/mol. The Kier molecular flexibility index (Phi) is 2.83. The maximum atomic E-state index is 12.0. The number of hydrogen-bond donors (Lipinski definition) is 0. The van der Waals surface area contributed by atoms with Crippen LogP contribution in [0.5, 0.6) is 0 Å². The Morgan fingerprint density at radius 3 is 2.05 bits per heavy atom. The molecule has 1 aromatic heterocycles. The second-order valence-electron chi connectivity index (χ2n) is 6.13. The zero-order valence-corrected chi connectivity index (χ0v) is 11.9. The molecular weight excluding hydrogens is 258 g/mol. The van der Waals surface area contributed by atoms with E-state index in [1.165, 1.54) is 22.9 Å². The topological polar surface area (TPSA) is 46.1 Å². The standard InChI is InChI=1S/C14H19N3OS/c18-14(11-3-4-11)17-7-5-10(6-8-17)13-16-15-12(19-13)9-1-2-9/h9-11H,1-8H2. The number of carbonyl (C=O) groups is 1. The molecule has 0 unspecified atom stereocenters. The third kappa shape index (κ3) is 2.40. The van der Waals surface area contributed by atoms with Crippen molar-refractivity contribution in [1.29, 1.82) is 0 Å². The summed E-state index contributed by atoms with van der Waals surface area (Å²) in [5, 5.41) is 11.2. The molecule has 2 heterocycles. The van der Waals surface area contributed by atoms with Crippen LogP contribution in [0.3, 0.4) is 0 Å². The molecule has 19 heavy (non-hydrogen) atoms. The second-order valence-corrected chi connectivity index (χ2v) is 7.17. The van der Waals surface area contributed by atoms with Crippen LogP contribution in [-0.2, 0) is 4.79 Å². The summed E-state index contributed by atoms with van der Waals surface area (Å²) in [4.78, 5) is 14.1. The van der Waals surface area contributed by atoms with E-state index >= 15 is 0 Å². The van der Waals surface area contributed by atoms with E-state index < -0.39 is 0 Å². The Hall–Kier alpha value is -0.970. The average Bonchev–Trinajstić information content (AvgIpc) is 3.37. The van der Waals surface area contributed by atoms with Gasteiger partial charge in [-0.3, -0.25) is 4.79 Å². The van der Waals surface area contributed by atoms with Gasteiger partial charge < -0.3 is 4.90 Å². The summed E-state index contributed by atoms with van der Waals surface area (Å²) in [5.41, 5.74) is 0. The van der Waals surface area contributed by atoms with Crippen molar-refractivity contribution >= 4 is 17.2 Å². The fourth-order valence-corrected chi connectivity index (χ4v) is 4.02. The summed E-state index contributed by atoms with van der Waals surface area (Å²) in [6.45, 7) is 1.83. The Balaban J connectivity index is 1.37. The van der Waals surface area contributed by atoms with Gasteiger partial charge in [0, 0.05) is 30.8 Å². The molecule has 0 N–H and O–H groups in total. The summed E-state index contributed by atoms with van der Waals surface area (Å²) in [5.74, 6) is 2.00. The van der Waals surface area contributed by atoms with Crippen LogP contribution < -0.4 is 0 Å². The number of hydrogen-bond acceptors (Lipinski definition) is 4. The summed E-state index contributed by atoms with van der Waals surface area (Å²) in [6.07, 6.45) is 6.95. The van der Waals surface area contributed by atoms with Crippen LogP contribution >= 0.6 is 11.3 Å². The smallest absolute Gasteiger partial charge is 0.225 e. The van der Waals surface area contributed by atoms with Crippen LogP contribution in [0.1, 0.15) is 60.4 Å². The predicted molar refractivity (Wildman–Crippen MR) is 73.2 cm³/mol. The van der Waals surface area contributed by atoms with Gasteiger partial charge in [-0.05, 0) is 38.5 Å². The Bertz CT molecular complexity index is 485. The highest BCUT2D eigenvalue weighted by Crippen LogP contribution is 2.43. The zero-order chi connectivity index (χ0) is 12.8. The number of rotatable bonds is 3. The lowest BCUT2D eigenvalue weighted by molar-refractivity contribution is -0.133. The molecule has 0 atom stereocenters. The van der Waals surface area contributed by atoms with Crippen LogP contribution in [0, 0.1) is 5.92 Å². The summed E-state index contributed by atoms with van der Waals surface area (Å²) in [6, 6.07) is 0. The van der Waals surface area contributed by atoms with Crippen molar-refractivity contribution in [3.8, 4) is 0 Å². The summed E-state index contributed by atoms with van der Waals surface area (Å²) < 4.78 is 0. The monoisotopic (exact) mass is 277 g/mol. The minimum atomic E-state index is 0.361. The molecule has 1 amide bonds. The third-order valence-corrected chi connectivity index (χ3v) is 5.71. The molecule has 0 bridgehead atoms. The van der Waals surface area contributed by atoms with E-state index in [1.54, 1.807) is 0 Å². The van der Waals surface area contributed by atoms with Crippen molar-refractivity contribution in [3.63, 3.8) is 0 Å². The van der Waals surface area contributed by atoms with E-state index in [0.717, 1.165) is 38.8 Å². The van der Waals surface area contributed by atoms with E-state index in [1.807, 2.05) is 11.3 Å². The predicted octanol–water partition coefficient (Wildman–Crippen LogP) is 2.53. The van der Waals surface area contributed by atoms with Crippen molar-refractivity contribution in [3.05, 3.63) is 10.0 Å². The van der Waals surface area contributed by atoms with Crippen molar-refractivity contribution in [2.24, 2.45) is 5.92 Å². The first kappa shape index (κ1) is 11.8. The molecule has 0 radical (unpaired) electrons.